The Balaban J connectivity index is 0.00000261. The number of nitrogens with zero attached hydrogens (tertiary/aromatic N) is 4. The number of aromatic nitrogens is 3. The molecule has 27 heavy (non-hydrogen) atoms. The van der Waals surface area contributed by atoms with Crippen LogP contribution in [0.4, 0.5) is 17.6 Å². The van der Waals surface area contributed by atoms with Crippen LogP contribution in [0, 0.1) is 0 Å². The van der Waals surface area contributed by atoms with Crippen LogP contribution < -0.4 is 10.1 Å². The van der Waals surface area contributed by atoms with Crippen LogP contribution in [0.25, 0.3) is 11.5 Å². The first-order valence-electron chi connectivity index (χ1n) is 7.86. The van der Waals surface area contributed by atoms with Gasteiger partial charge >= 0.3 is 12.3 Å². The van der Waals surface area contributed by atoms with E-state index in [4.69, 9.17) is 4.52 Å². The molecule has 2 aromatic rings. The molecule has 0 spiro atoms. The van der Waals surface area contributed by atoms with E-state index >= 15 is 0 Å². The predicted molar refractivity (Wildman–Crippen MR) is 89.5 cm³/mol. The molecule has 0 saturated carbocycles. The van der Waals surface area contributed by atoms with Crippen molar-refractivity contribution in [3.05, 3.63) is 24.2 Å². The van der Waals surface area contributed by atoms with Gasteiger partial charge in [0.05, 0.1) is 11.6 Å². The molecule has 0 aromatic carbocycles. The quantitative estimate of drug-likeness (QED) is 0.731. The lowest BCUT2D eigenvalue weighted by Crippen LogP contribution is -2.44. The molecule has 2 aromatic heterocycles. The largest absolute Gasteiger partial charge is 0.471 e. The molecule has 1 unspecified atom stereocenters. The van der Waals surface area contributed by atoms with Crippen LogP contribution in [0.5, 0.6) is 5.88 Å². The Morgan fingerprint density at radius 2 is 2.19 bits per heavy atom. The standard InChI is InChI=1S/C15H17F4N5O2.ClH/c1-24-5-4-20-7-10(24)12-22-13(26-23-12)9-2-3-11(21-6-9)25-8-15(18,19)14(16)17;/h2-3,6,10,14,20H,4-5,7-8H2,1H3;1H. The lowest BCUT2D eigenvalue weighted by atomic mass is 10.2. The van der Waals surface area contributed by atoms with Crippen LogP contribution >= 0.6 is 12.4 Å². The molecular weight excluding hydrogens is 394 g/mol. The van der Waals surface area contributed by atoms with Gasteiger partial charge < -0.3 is 14.6 Å². The van der Waals surface area contributed by atoms with Gasteiger partial charge in [-0.05, 0) is 13.1 Å². The van der Waals surface area contributed by atoms with Gasteiger partial charge in [0.15, 0.2) is 12.4 Å². The number of likely N-dealkylation sites (N-methyl/N-ethyl adjacent to an activating group) is 1. The van der Waals surface area contributed by atoms with Gasteiger partial charge in [0.2, 0.25) is 5.88 Å². The highest BCUT2D eigenvalue weighted by Crippen LogP contribution is 2.25. The summed E-state index contributed by atoms with van der Waals surface area (Å²) in [6.45, 7) is 0.973. The van der Waals surface area contributed by atoms with Gasteiger partial charge in [0.1, 0.15) is 0 Å². The second kappa shape index (κ2) is 8.81. The fraction of sp³-hybridized carbons (Fsp3) is 0.533. The summed E-state index contributed by atoms with van der Waals surface area (Å²) >= 11 is 0. The summed E-state index contributed by atoms with van der Waals surface area (Å²) < 4.78 is 59.7. The minimum atomic E-state index is -4.23. The van der Waals surface area contributed by atoms with E-state index in [-0.39, 0.29) is 30.2 Å². The highest BCUT2D eigenvalue weighted by Gasteiger charge is 2.41. The van der Waals surface area contributed by atoms with Crippen molar-refractivity contribution in [3.8, 4) is 17.3 Å². The van der Waals surface area contributed by atoms with Gasteiger partial charge in [0.25, 0.3) is 5.89 Å². The lowest BCUT2D eigenvalue weighted by molar-refractivity contribution is -0.148. The van der Waals surface area contributed by atoms with Crippen molar-refractivity contribution < 1.29 is 26.8 Å². The molecule has 1 aliphatic heterocycles. The third-order valence-electron chi connectivity index (χ3n) is 3.97. The number of hydrogen-bond acceptors (Lipinski definition) is 7. The fourth-order valence-corrected chi connectivity index (χ4v) is 2.41. The Morgan fingerprint density at radius 3 is 2.81 bits per heavy atom. The van der Waals surface area contributed by atoms with Crippen molar-refractivity contribution >= 4 is 12.4 Å². The summed E-state index contributed by atoms with van der Waals surface area (Å²) in [6.07, 6.45) is -2.51. The van der Waals surface area contributed by atoms with E-state index < -0.39 is 19.0 Å². The second-order valence-corrected chi connectivity index (χ2v) is 5.89. The third-order valence-corrected chi connectivity index (χ3v) is 3.97. The number of rotatable bonds is 6. The zero-order valence-electron chi connectivity index (χ0n) is 14.2. The van der Waals surface area contributed by atoms with E-state index in [1.165, 1.54) is 18.3 Å². The van der Waals surface area contributed by atoms with Crippen LogP contribution in [0.3, 0.4) is 0 Å². The summed E-state index contributed by atoms with van der Waals surface area (Å²) in [5.41, 5.74) is 0.461. The molecule has 3 heterocycles. The van der Waals surface area contributed by atoms with Crippen molar-refractivity contribution in [1.29, 1.82) is 0 Å². The molecule has 0 radical (unpaired) electrons. The smallest absolute Gasteiger partial charge is 0.340 e. The first-order valence-corrected chi connectivity index (χ1v) is 7.86. The summed E-state index contributed by atoms with van der Waals surface area (Å²) in [6, 6.07) is 2.73. The zero-order valence-corrected chi connectivity index (χ0v) is 15.1. The summed E-state index contributed by atoms with van der Waals surface area (Å²) in [5, 5.41) is 7.22. The van der Waals surface area contributed by atoms with Gasteiger partial charge in [-0.3, -0.25) is 4.90 Å². The Bertz CT molecular complexity index is 731. The normalized spacial score (nSPS) is 18.4. The van der Waals surface area contributed by atoms with Gasteiger partial charge in [-0.25, -0.2) is 13.8 Å². The van der Waals surface area contributed by atoms with Crippen LogP contribution in [-0.4, -0.2) is 65.7 Å². The van der Waals surface area contributed by atoms with E-state index in [0.29, 0.717) is 17.9 Å². The average Bonchev–Trinajstić information content (AvgIpc) is 3.10. The van der Waals surface area contributed by atoms with Crippen molar-refractivity contribution in [2.24, 2.45) is 0 Å². The minimum Gasteiger partial charge on any atom is -0.471 e. The highest BCUT2D eigenvalue weighted by molar-refractivity contribution is 5.85. The van der Waals surface area contributed by atoms with Gasteiger partial charge in [-0.1, -0.05) is 5.16 Å². The molecule has 7 nitrogen and oxygen atoms in total. The molecule has 3 rings (SSSR count). The molecule has 1 fully saturated rings. The minimum absolute atomic E-state index is 0. The van der Waals surface area contributed by atoms with Crippen molar-refractivity contribution in [1.82, 2.24) is 25.3 Å². The van der Waals surface area contributed by atoms with Crippen LogP contribution in [0.15, 0.2) is 22.9 Å². The van der Waals surface area contributed by atoms with Crippen molar-refractivity contribution in [2.75, 3.05) is 33.3 Å². The topological polar surface area (TPSA) is 76.3 Å². The van der Waals surface area contributed by atoms with Gasteiger partial charge in [0, 0.05) is 31.9 Å². The van der Waals surface area contributed by atoms with Crippen molar-refractivity contribution in [3.63, 3.8) is 0 Å². The maximum absolute atomic E-state index is 12.8. The predicted octanol–water partition coefficient (Wildman–Crippen LogP) is 2.41. The third kappa shape index (κ3) is 5.05. The first-order chi connectivity index (χ1) is 12.4. The number of pyridine rings is 1. The first kappa shape index (κ1) is 21.3. The second-order valence-electron chi connectivity index (χ2n) is 5.89. The van der Waals surface area contributed by atoms with E-state index in [1.807, 2.05) is 7.05 Å². The Morgan fingerprint density at radius 1 is 1.41 bits per heavy atom. The number of hydrogen-bond donors (Lipinski definition) is 1. The van der Waals surface area contributed by atoms with E-state index in [2.05, 4.69) is 30.1 Å². The molecule has 0 amide bonds. The SMILES string of the molecule is CN1CCNCC1c1noc(-c2ccc(OCC(F)(F)C(F)F)nc2)n1.Cl. The van der Waals surface area contributed by atoms with E-state index in [9.17, 15) is 17.6 Å². The Kier molecular flexibility index (Phi) is 6.95. The molecule has 1 N–H and O–H groups in total. The fourth-order valence-electron chi connectivity index (χ4n) is 2.41. The maximum Gasteiger partial charge on any atom is 0.340 e. The summed E-state index contributed by atoms with van der Waals surface area (Å²) in [7, 11) is 1.96. The maximum atomic E-state index is 12.8. The molecule has 1 aliphatic rings. The molecular formula is C15H18ClF4N5O2. The number of piperazine rings is 1. The molecule has 1 atom stereocenters. The van der Waals surface area contributed by atoms with Crippen LogP contribution in [-0.2, 0) is 0 Å². The van der Waals surface area contributed by atoms with Crippen LogP contribution in [0.1, 0.15) is 11.9 Å². The molecule has 1 saturated heterocycles. The number of nitrogens with one attached hydrogen (secondary N) is 1. The van der Waals surface area contributed by atoms with E-state index in [0.717, 1.165) is 13.1 Å². The summed E-state index contributed by atoms with van der Waals surface area (Å²) in [4.78, 5) is 10.2. The number of ether oxygens (including phenoxy) is 1. The zero-order chi connectivity index (χ0) is 18.7. The average molecular weight is 412 g/mol. The highest BCUT2D eigenvalue weighted by atomic mass is 35.5. The van der Waals surface area contributed by atoms with Crippen LogP contribution in [0.2, 0.25) is 0 Å². The Hall–Kier alpha value is -1.98. The van der Waals surface area contributed by atoms with Gasteiger partial charge in [-0.2, -0.15) is 13.8 Å². The van der Waals surface area contributed by atoms with Gasteiger partial charge in [-0.15, -0.1) is 12.4 Å². The molecule has 12 heteroatoms. The molecule has 0 bridgehead atoms. The number of alkyl halides is 4. The molecule has 0 aliphatic carbocycles. The van der Waals surface area contributed by atoms with E-state index in [1.54, 1.807) is 0 Å². The molecule has 150 valence electrons. The monoisotopic (exact) mass is 411 g/mol. The summed E-state index contributed by atoms with van der Waals surface area (Å²) in [5.74, 6) is -3.70. The number of halogens is 5. The lowest BCUT2D eigenvalue weighted by Gasteiger charge is -2.30. The van der Waals surface area contributed by atoms with Crippen molar-refractivity contribution in [2.45, 2.75) is 18.4 Å². The Labute approximate surface area is 158 Å².